The molecule has 90 valence electrons. The number of rotatable bonds is 5. The molecule has 15 heavy (non-hydrogen) atoms. The lowest BCUT2D eigenvalue weighted by Crippen LogP contribution is -2.47. The van der Waals surface area contributed by atoms with Crippen molar-refractivity contribution in [2.75, 3.05) is 33.2 Å². The van der Waals surface area contributed by atoms with Crippen LogP contribution in [0.4, 0.5) is 0 Å². The van der Waals surface area contributed by atoms with Crippen LogP contribution in [0.2, 0.25) is 0 Å². The van der Waals surface area contributed by atoms with Crippen molar-refractivity contribution in [3.8, 4) is 0 Å². The largest absolute Gasteiger partial charge is 0.315 e. The Morgan fingerprint density at radius 1 is 1.33 bits per heavy atom. The first-order valence-corrected chi connectivity index (χ1v) is 6.87. The fraction of sp³-hybridized carbons (Fsp3) is 1.00. The van der Waals surface area contributed by atoms with Crippen LogP contribution in [0, 0.1) is 0 Å². The molecule has 1 rings (SSSR count). The summed E-state index contributed by atoms with van der Waals surface area (Å²) in [6.45, 7) is 6.45. The molecular weight excluding hydrogens is 214 g/mol. The second kappa shape index (κ2) is 5.25. The zero-order valence-electron chi connectivity index (χ0n) is 9.73. The first-order valence-electron chi connectivity index (χ1n) is 5.47. The van der Waals surface area contributed by atoms with E-state index >= 15 is 0 Å². The van der Waals surface area contributed by atoms with Gasteiger partial charge in [0.05, 0.1) is 0 Å². The van der Waals surface area contributed by atoms with Crippen molar-refractivity contribution in [2.45, 2.75) is 26.3 Å². The maximum Gasteiger partial charge on any atom is 0.282 e. The van der Waals surface area contributed by atoms with Crippen LogP contribution in [0.3, 0.4) is 0 Å². The molecule has 0 radical (unpaired) electrons. The van der Waals surface area contributed by atoms with Crippen LogP contribution in [-0.2, 0) is 10.2 Å². The Morgan fingerprint density at radius 3 is 2.33 bits per heavy atom. The molecule has 0 spiro atoms. The molecule has 1 saturated heterocycles. The second-order valence-corrected chi connectivity index (χ2v) is 5.74. The predicted molar refractivity (Wildman–Crippen MR) is 60.9 cm³/mol. The van der Waals surface area contributed by atoms with Crippen molar-refractivity contribution in [1.29, 1.82) is 0 Å². The van der Waals surface area contributed by atoms with E-state index in [0.717, 1.165) is 19.5 Å². The predicted octanol–water partition coefficient (Wildman–Crippen LogP) is -0.133. The molecule has 0 saturated carbocycles. The maximum atomic E-state index is 12.1. The SMILES string of the molecule is CCN(CC)S(=O)(=O)N(C)C1CCNC1. The molecule has 1 fully saturated rings. The van der Waals surface area contributed by atoms with E-state index in [9.17, 15) is 8.42 Å². The molecule has 0 aliphatic carbocycles. The van der Waals surface area contributed by atoms with Crippen molar-refractivity contribution in [3.63, 3.8) is 0 Å². The van der Waals surface area contributed by atoms with Gasteiger partial charge < -0.3 is 5.32 Å². The average molecular weight is 235 g/mol. The highest BCUT2D eigenvalue weighted by atomic mass is 32.2. The monoisotopic (exact) mass is 235 g/mol. The van der Waals surface area contributed by atoms with Crippen LogP contribution < -0.4 is 5.32 Å². The van der Waals surface area contributed by atoms with E-state index in [1.165, 1.54) is 8.61 Å². The van der Waals surface area contributed by atoms with Crippen LogP contribution in [-0.4, -0.2) is 56.3 Å². The van der Waals surface area contributed by atoms with E-state index < -0.39 is 10.2 Å². The summed E-state index contributed by atoms with van der Waals surface area (Å²) in [4.78, 5) is 0. The summed E-state index contributed by atoms with van der Waals surface area (Å²) in [5.41, 5.74) is 0. The highest BCUT2D eigenvalue weighted by Gasteiger charge is 2.31. The Labute approximate surface area is 92.6 Å². The minimum Gasteiger partial charge on any atom is -0.315 e. The number of hydrogen-bond acceptors (Lipinski definition) is 3. The van der Waals surface area contributed by atoms with Gasteiger partial charge in [0.25, 0.3) is 10.2 Å². The lowest BCUT2D eigenvalue weighted by molar-refractivity contribution is 0.335. The van der Waals surface area contributed by atoms with Crippen LogP contribution in [0.5, 0.6) is 0 Å². The third kappa shape index (κ3) is 2.69. The van der Waals surface area contributed by atoms with Crippen molar-refractivity contribution >= 4 is 10.2 Å². The second-order valence-electron chi connectivity index (χ2n) is 3.75. The van der Waals surface area contributed by atoms with Crippen molar-refractivity contribution in [3.05, 3.63) is 0 Å². The summed E-state index contributed by atoms with van der Waals surface area (Å²) in [5, 5.41) is 3.18. The summed E-state index contributed by atoms with van der Waals surface area (Å²) < 4.78 is 27.2. The molecule has 0 aromatic heterocycles. The van der Waals surface area contributed by atoms with Gasteiger partial charge >= 0.3 is 0 Å². The van der Waals surface area contributed by atoms with Gasteiger partial charge in [-0.2, -0.15) is 17.0 Å². The minimum absolute atomic E-state index is 0.107. The van der Waals surface area contributed by atoms with Gasteiger partial charge in [0.2, 0.25) is 0 Å². The Morgan fingerprint density at radius 2 is 1.93 bits per heavy atom. The summed E-state index contributed by atoms with van der Waals surface area (Å²) in [6, 6.07) is 0.107. The maximum absolute atomic E-state index is 12.1. The smallest absolute Gasteiger partial charge is 0.282 e. The standard InChI is InChI=1S/C9H21N3O2S/c1-4-12(5-2)15(13,14)11(3)9-6-7-10-8-9/h9-10H,4-8H2,1-3H3. The molecule has 0 bridgehead atoms. The van der Waals surface area contributed by atoms with Gasteiger partial charge in [0, 0.05) is 32.7 Å². The van der Waals surface area contributed by atoms with Gasteiger partial charge in [-0.05, 0) is 13.0 Å². The zero-order chi connectivity index (χ0) is 11.5. The Bertz CT molecular complexity index is 282. The first-order chi connectivity index (χ1) is 7.04. The third-order valence-corrected chi connectivity index (χ3v) is 5.14. The molecule has 1 aliphatic rings. The molecule has 1 heterocycles. The van der Waals surface area contributed by atoms with Gasteiger partial charge in [-0.15, -0.1) is 0 Å². The average Bonchev–Trinajstić information content (AvgIpc) is 2.70. The summed E-state index contributed by atoms with van der Waals surface area (Å²) in [5.74, 6) is 0. The minimum atomic E-state index is -3.26. The number of nitrogens with zero attached hydrogens (tertiary/aromatic N) is 2. The van der Waals surface area contributed by atoms with Gasteiger partial charge in [-0.3, -0.25) is 0 Å². The van der Waals surface area contributed by atoms with Gasteiger partial charge in [-0.25, -0.2) is 0 Å². The molecule has 1 N–H and O–H groups in total. The molecule has 0 amide bonds. The number of nitrogens with one attached hydrogen (secondary N) is 1. The molecule has 0 aromatic carbocycles. The highest BCUT2D eigenvalue weighted by Crippen LogP contribution is 2.14. The number of likely N-dealkylation sites (N-methyl/N-ethyl adjacent to an activating group) is 1. The van der Waals surface area contributed by atoms with E-state index in [-0.39, 0.29) is 6.04 Å². The van der Waals surface area contributed by atoms with Crippen LogP contribution >= 0.6 is 0 Å². The van der Waals surface area contributed by atoms with Crippen LogP contribution in [0.15, 0.2) is 0 Å². The van der Waals surface area contributed by atoms with E-state index in [1.54, 1.807) is 7.05 Å². The molecule has 1 aliphatic heterocycles. The summed E-state index contributed by atoms with van der Waals surface area (Å²) >= 11 is 0. The van der Waals surface area contributed by atoms with Gasteiger partial charge in [0.15, 0.2) is 0 Å². The summed E-state index contributed by atoms with van der Waals surface area (Å²) in [7, 11) is -1.59. The van der Waals surface area contributed by atoms with E-state index in [1.807, 2.05) is 13.8 Å². The number of hydrogen-bond donors (Lipinski definition) is 1. The van der Waals surface area contributed by atoms with Crippen molar-refractivity contribution < 1.29 is 8.42 Å². The quantitative estimate of drug-likeness (QED) is 0.722. The molecule has 0 aromatic rings. The molecular formula is C9H21N3O2S. The molecule has 1 atom stereocenters. The topological polar surface area (TPSA) is 52.7 Å². The van der Waals surface area contributed by atoms with Crippen LogP contribution in [0.1, 0.15) is 20.3 Å². The van der Waals surface area contributed by atoms with E-state index in [0.29, 0.717) is 13.1 Å². The zero-order valence-corrected chi connectivity index (χ0v) is 10.5. The van der Waals surface area contributed by atoms with E-state index in [4.69, 9.17) is 0 Å². The first kappa shape index (κ1) is 12.9. The van der Waals surface area contributed by atoms with Crippen molar-refractivity contribution in [1.82, 2.24) is 13.9 Å². The normalized spacial score (nSPS) is 22.9. The van der Waals surface area contributed by atoms with Gasteiger partial charge in [-0.1, -0.05) is 13.8 Å². The molecule has 1 unspecified atom stereocenters. The Hall–Kier alpha value is -0.170. The molecule has 5 nitrogen and oxygen atoms in total. The third-order valence-electron chi connectivity index (χ3n) is 2.94. The highest BCUT2D eigenvalue weighted by molar-refractivity contribution is 7.86. The summed E-state index contributed by atoms with van der Waals surface area (Å²) in [6.07, 6.45) is 0.900. The Balaban J connectivity index is 2.75. The van der Waals surface area contributed by atoms with E-state index in [2.05, 4.69) is 5.32 Å². The lowest BCUT2D eigenvalue weighted by Gasteiger charge is -2.29. The van der Waals surface area contributed by atoms with Crippen LogP contribution in [0.25, 0.3) is 0 Å². The fourth-order valence-electron chi connectivity index (χ4n) is 1.87. The van der Waals surface area contributed by atoms with Gasteiger partial charge in [0.1, 0.15) is 0 Å². The molecule has 6 heteroatoms. The van der Waals surface area contributed by atoms with Crippen molar-refractivity contribution in [2.24, 2.45) is 0 Å². The fourth-order valence-corrected chi connectivity index (χ4v) is 3.44. The lowest BCUT2D eigenvalue weighted by atomic mass is 10.3. The Kier molecular flexibility index (Phi) is 4.51.